The topological polar surface area (TPSA) is 29.5 Å². The first kappa shape index (κ1) is 8.02. The third-order valence-corrected chi connectivity index (χ3v) is 1.93. The van der Waals surface area contributed by atoms with Gasteiger partial charge in [0.2, 0.25) is 0 Å². The second-order valence-electron chi connectivity index (χ2n) is 2.89. The maximum absolute atomic E-state index is 9.34. The van der Waals surface area contributed by atoms with Gasteiger partial charge in [0.1, 0.15) is 0 Å². The molecule has 0 aromatic heterocycles. The molecule has 1 saturated carbocycles. The molecule has 60 valence electrons. The number of hydrogen-bond donors (Lipinski definition) is 1. The van der Waals surface area contributed by atoms with E-state index in [4.69, 9.17) is 4.74 Å². The largest absolute Gasteiger partial charge is 0.393 e. The third-order valence-electron chi connectivity index (χ3n) is 1.93. The lowest BCUT2D eigenvalue weighted by molar-refractivity contribution is 0.0776. The maximum atomic E-state index is 9.34. The Kier molecular flexibility index (Phi) is 3.16. The number of hydrogen-bond acceptors (Lipinski definition) is 2. The second-order valence-corrected chi connectivity index (χ2v) is 2.89. The van der Waals surface area contributed by atoms with E-state index >= 15 is 0 Å². The van der Waals surface area contributed by atoms with Crippen molar-refractivity contribution in [2.24, 2.45) is 5.92 Å². The van der Waals surface area contributed by atoms with Gasteiger partial charge in [-0.05, 0) is 32.1 Å². The van der Waals surface area contributed by atoms with Gasteiger partial charge < -0.3 is 9.84 Å². The molecule has 0 amide bonds. The zero-order valence-electron chi connectivity index (χ0n) is 6.55. The Bertz CT molecular complexity index is 89.3. The Morgan fingerprint density at radius 2 is 2.30 bits per heavy atom. The van der Waals surface area contributed by atoms with E-state index in [1.54, 1.807) is 0 Å². The average Bonchev–Trinajstić information content (AvgIpc) is 2.69. The molecule has 0 spiro atoms. The first-order chi connectivity index (χ1) is 4.84. The van der Waals surface area contributed by atoms with Gasteiger partial charge in [-0.3, -0.25) is 0 Å². The van der Waals surface area contributed by atoms with Crippen LogP contribution >= 0.6 is 0 Å². The van der Waals surface area contributed by atoms with Gasteiger partial charge >= 0.3 is 0 Å². The Labute approximate surface area is 62.2 Å². The molecule has 0 aromatic rings. The zero-order valence-corrected chi connectivity index (χ0v) is 6.55. The molecule has 2 nitrogen and oxygen atoms in total. The highest BCUT2D eigenvalue weighted by molar-refractivity contribution is 4.80. The minimum Gasteiger partial charge on any atom is -0.393 e. The summed E-state index contributed by atoms with van der Waals surface area (Å²) in [6.45, 7) is 3.45. The third kappa shape index (κ3) is 2.67. The summed E-state index contributed by atoms with van der Waals surface area (Å²) in [5.74, 6) is 0.598. The number of ether oxygens (including phenoxy) is 1. The standard InChI is InChI=1S/C8H16O2/c1-2-10-6-5-8(9)7-3-4-7/h7-9H,2-6H2,1H3. The van der Waals surface area contributed by atoms with E-state index in [0.29, 0.717) is 12.5 Å². The molecule has 1 aliphatic carbocycles. The second kappa shape index (κ2) is 3.94. The molecule has 2 heteroatoms. The van der Waals surface area contributed by atoms with E-state index < -0.39 is 0 Å². The smallest absolute Gasteiger partial charge is 0.0590 e. The lowest BCUT2D eigenvalue weighted by Crippen LogP contribution is -2.12. The normalized spacial score (nSPS) is 21.0. The molecule has 1 fully saturated rings. The summed E-state index contributed by atoms with van der Waals surface area (Å²) < 4.78 is 5.12. The van der Waals surface area contributed by atoms with Crippen LogP contribution < -0.4 is 0 Å². The highest BCUT2D eigenvalue weighted by Crippen LogP contribution is 2.33. The van der Waals surface area contributed by atoms with Crippen LogP contribution in [0.4, 0.5) is 0 Å². The Morgan fingerprint density at radius 3 is 2.80 bits per heavy atom. The van der Waals surface area contributed by atoms with Crippen molar-refractivity contribution in [3.63, 3.8) is 0 Å². The lowest BCUT2D eigenvalue weighted by atomic mass is 10.2. The first-order valence-electron chi connectivity index (χ1n) is 4.10. The summed E-state index contributed by atoms with van der Waals surface area (Å²) >= 11 is 0. The van der Waals surface area contributed by atoms with Gasteiger partial charge in [0, 0.05) is 13.2 Å². The molecule has 0 heterocycles. The monoisotopic (exact) mass is 144 g/mol. The van der Waals surface area contributed by atoms with Crippen LogP contribution in [0.5, 0.6) is 0 Å². The molecule has 0 aromatic carbocycles. The number of aliphatic hydroxyl groups is 1. The fraction of sp³-hybridized carbons (Fsp3) is 1.00. The Hall–Kier alpha value is -0.0800. The molecule has 1 N–H and O–H groups in total. The van der Waals surface area contributed by atoms with Crippen LogP contribution in [0, 0.1) is 5.92 Å². The van der Waals surface area contributed by atoms with Crippen LogP contribution in [-0.2, 0) is 4.74 Å². The molecule has 0 saturated heterocycles. The summed E-state index contributed by atoms with van der Waals surface area (Å²) in [7, 11) is 0. The average molecular weight is 144 g/mol. The van der Waals surface area contributed by atoms with E-state index in [-0.39, 0.29) is 6.10 Å². The summed E-state index contributed by atoms with van der Waals surface area (Å²) in [5, 5.41) is 9.34. The van der Waals surface area contributed by atoms with Gasteiger partial charge in [-0.15, -0.1) is 0 Å². The van der Waals surface area contributed by atoms with Crippen LogP contribution in [0.15, 0.2) is 0 Å². The number of rotatable bonds is 5. The van der Waals surface area contributed by atoms with Crippen molar-refractivity contribution in [1.82, 2.24) is 0 Å². The van der Waals surface area contributed by atoms with Crippen molar-refractivity contribution in [1.29, 1.82) is 0 Å². The maximum Gasteiger partial charge on any atom is 0.0590 e. The van der Waals surface area contributed by atoms with Crippen molar-refractivity contribution in [3.8, 4) is 0 Å². The molecule has 0 bridgehead atoms. The zero-order chi connectivity index (χ0) is 7.40. The van der Waals surface area contributed by atoms with E-state index in [1.165, 1.54) is 12.8 Å². The summed E-state index contributed by atoms with van der Waals surface area (Å²) in [6.07, 6.45) is 3.16. The summed E-state index contributed by atoms with van der Waals surface area (Å²) in [4.78, 5) is 0. The highest BCUT2D eigenvalue weighted by atomic mass is 16.5. The van der Waals surface area contributed by atoms with Crippen LogP contribution in [0.3, 0.4) is 0 Å². The van der Waals surface area contributed by atoms with E-state index in [9.17, 15) is 5.11 Å². The van der Waals surface area contributed by atoms with Crippen molar-refractivity contribution in [2.45, 2.75) is 32.3 Å². The molecular formula is C8H16O2. The Morgan fingerprint density at radius 1 is 1.60 bits per heavy atom. The fourth-order valence-corrected chi connectivity index (χ4v) is 1.07. The summed E-state index contributed by atoms with van der Waals surface area (Å²) in [5.41, 5.74) is 0. The van der Waals surface area contributed by atoms with Crippen LogP contribution in [0.25, 0.3) is 0 Å². The SMILES string of the molecule is CCOCCC(O)C1CC1. The van der Waals surface area contributed by atoms with Crippen molar-refractivity contribution in [2.75, 3.05) is 13.2 Å². The molecular weight excluding hydrogens is 128 g/mol. The highest BCUT2D eigenvalue weighted by Gasteiger charge is 2.28. The van der Waals surface area contributed by atoms with E-state index in [1.807, 2.05) is 6.92 Å². The first-order valence-corrected chi connectivity index (χ1v) is 4.10. The fourth-order valence-electron chi connectivity index (χ4n) is 1.07. The van der Waals surface area contributed by atoms with Crippen LogP contribution in [0.1, 0.15) is 26.2 Å². The molecule has 1 unspecified atom stereocenters. The minimum atomic E-state index is -0.0912. The van der Waals surface area contributed by atoms with Crippen LogP contribution in [0.2, 0.25) is 0 Å². The predicted octanol–water partition coefficient (Wildman–Crippen LogP) is 1.18. The van der Waals surface area contributed by atoms with Gasteiger partial charge in [-0.1, -0.05) is 0 Å². The van der Waals surface area contributed by atoms with Crippen molar-refractivity contribution in [3.05, 3.63) is 0 Å². The van der Waals surface area contributed by atoms with Gasteiger partial charge in [0.15, 0.2) is 0 Å². The molecule has 1 aliphatic rings. The van der Waals surface area contributed by atoms with Gasteiger partial charge in [-0.2, -0.15) is 0 Å². The quantitative estimate of drug-likeness (QED) is 0.587. The minimum absolute atomic E-state index is 0.0912. The van der Waals surface area contributed by atoms with Gasteiger partial charge in [0.25, 0.3) is 0 Å². The van der Waals surface area contributed by atoms with Crippen molar-refractivity contribution < 1.29 is 9.84 Å². The molecule has 0 radical (unpaired) electrons. The van der Waals surface area contributed by atoms with E-state index in [2.05, 4.69) is 0 Å². The number of aliphatic hydroxyl groups excluding tert-OH is 1. The van der Waals surface area contributed by atoms with Crippen molar-refractivity contribution >= 4 is 0 Å². The summed E-state index contributed by atoms with van der Waals surface area (Å²) in [6, 6.07) is 0. The van der Waals surface area contributed by atoms with Gasteiger partial charge in [0.05, 0.1) is 6.10 Å². The van der Waals surface area contributed by atoms with Crippen LogP contribution in [-0.4, -0.2) is 24.4 Å². The predicted molar refractivity (Wildman–Crippen MR) is 39.8 cm³/mol. The molecule has 1 rings (SSSR count). The lowest BCUT2D eigenvalue weighted by Gasteiger charge is -2.07. The molecule has 0 aliphatic heterocycles. The molecule has 1 atom stereocenters. The molecule has 10 heavy (non-hydrogen) atoms. The van der Waals surface area contributed by atoms with E-state index in [0.717, 1.165) is 13.0 Å². The van der Waals surface area contributed by atoms with Gasteiger partial charge in [-0.25, -0.2) is 0 Å². The Balaban J connectivity index is 1.90.